The molecular formula is C17H19ClN4O2. The van der Waals surface area contributed by atoms with Crippen molar-refractivity contribution in [2.24, 2.45) is 0 Å². The minimum absolute atomic E-state index is 0.254. The number of halogens is 1. The van der Waals surface area contributed by atoms with E-state index in [2.05, 4.69) is 20.2 Å². The maximum Gasteiger partial charge on any atom is 0.255 e. The van der Waals surface area contributed by atoms with Gasteiger partial charge in [0.15, 0.2) is 0 Å². The fraction of sp³-hybridized carbons (Fsp3) is 0.353. The molecule has 126 valence electrons. The molecule has 3 rings (SSSR count). The largest absolute Gasteiger partial charge is 0.496 e. The number of ether oxygens (including phenoxy) is 1. The van der Waals surface area contributed by atoms with Crippen LogP contribution in [0.25, 0.3) is 0 Å². The molecule has 7 heteroatoms. The zero-order valence-electron chi connectivity index (χ0n) is 13.5. The van der Waals surface area contributed by atoms with Crippen LogP contribution in [0.3, 0.4) is 0 Å². The van der Waals surface area contributed by atoms with Gasteiger partial charge in [-0.1, -0.05) is 11.6 Å². The minimum atomic E-state index is -0.254. The maximum atomic E-state index is 12.4. The van der Waals surface area contributed by atoms with E-state index < -0.39 is 0 Å². The molecule has 1 aliphatic rings. The summed E-state index contributed by atoms with van der Waals surface area (Å²) in [4.78, 5) is 23.4. The number of anilines is 1. The van der Waals surface area contributed by atoms with E-state index >= 15 is 0 Å². The van der Waals surface area contributed by atoms with Gasteiger partial charge in [0.2, 0.25) is 5.95 Å². The highest BCUT2D eigenvalue weighted by Gasteiger charge is 2.16. The molecule has 1 saturated heterocycles. The van der Waals surface area contributed by atoms with Crippen LogP contribution in [0.4, 0.5) is 5.95 Å². The van der Waals surface area contributed by atoms with E-state index in [-0.39, 0.29) is 5.91 Å². The van der Waals surface area contributed by atoms with Crippen LogP contribution in [0.5, 0.6) is 5.75 Å². The second kappa shape index (κ2) is 7.49. The van der Waals surface area contributed by atoms with E-state index in [0.29, 0.717) is 22.9 Å². The monoisotopic (exact) mass is 346 g/mol. The number of nitrogens with zero attached hydrogens (tertiary/aromatic N) is 3. The molecule has 24 heavy (non-hydrogen) atoms. The first kappa shape index (κ1) is 16.5. The summed E-state index contributed by atoms with van der Waals surface area (Å²) in [5, 5.41) is 3.33. The molecule has 2 aromatic rings. The molecular weight excluding hydrogens is 328 g/mol. The number of carbonyl (C=O) groups excluding carboxylic acids is 1. The van der Waals surface area contributed by atoms with Crippen LogP contribution in [0.15, 0.2) is 30.5 Å². The molecule has 1 aromatic carbocycles. The maximum absolute atomic E-state index is 12.4. The van der Waals surface area contributed by atoms with Crippen molar-refractivity contribution < 1.29 is 9.53 Å². The number of methoxy groups -OCH3 is 1. The lowest BCUT2D eigenvalue weighted by Crippen LogP contribution is -2.25. The van der Waals surface area contributed by atoms with Gasteiger partial charge < -0.3 is 15.0 Å². The Bertz CT molecular complexity index is 732. The van der Waals surface area contributed by atoms with Gasteiger partial charge in [0.05, 0.1) is 24.9 Å². The summed E-state index contributed by atoms with van der Waals surface area (Å²) in [6.45, 7) is 2.28. The zero-order valence-corrected chi connectivity index (χ0v) is 14.2. The Balaban J connectivity index is 1.68. The molecule has 0 aliphatic carbocycles. The standard InChI is InChI=1S/C17H19ClN4O2/c1-24-15-5-4-12(18)10-14(15)16(23)20-11-13-6-7-19-17(21-13)22-8-2-3-9-22/h4-7,10H,2-3,8-9,11H2,1H3,(H,20,23). The first-order valence-electron chi connectivity index (χ1n) is 7.86. The molecule has 1 aliphatic heterocycles. The molecule has 0 spiro atoms. The predicted octanol–water partition coefficient (Wildman–Crippen LogP) is 2.67. The second-order valence-electron chi connectivity index (χ2n) is 5.57. The Morgan fingerprint density at radius 3 is 2.88 bits per heavy atom. The van der Waals surface area contributed by atoms with Crippen LogP contribution in [-0.4, -0.2) is 36.1 Å². The Morgan fingerprint density at radius 1 is 1.33 bits per heavy atom. The minimum Gasteiger partial charge on any atom is -0.496 e. The average Bonchev–Trinajstić information content (AvgIpc) is 3.14. The molecule has 6 nitrogen and oxygen atoms in total. The molecule has 1 N–H and O–H groups in total. The smallest absolute Gasteiger partial charge is 0.255 e. The number of nitrogens with one attached hydrogen (secondary N) is 1. The van der Waals surface area contributed by atoms with E-state index in [1.54, 1.807) is 30.5 Å². The van der Waals surface area contributed by atoms with E-state index in [4.69, 9.17) is 16.3 Å². The van der Waals surface area contributed by atoms with Crippen molar-refractivity contribution in [1.82, 2.24) is 15.3 Å². The summed E-state index contributed by atoms with van der Waals surface area (Å²) in [5.41, 5.74) is 1.17. The highest BCUT2D eigenvalue weighted by molar-refractivity contribution is 6.31. The molecule has 1 amide bonds. The molecule has 1 aromatic heterocycles. The summed E-state index contributed by atoms with van der Waals surface area (Å²) in [5.74, 6) is 0.951. The van der Waals surface area contributed by atoms with Crippen LogP contribution in [0.1, 0.15) is 28.9 Å². The van der Waals surface area contributed by atoms with Gasteiger partial charge in [-0.3, -0.25) is 4.79 Å². The Hall–Kier alpha value is -2.34. The van der Waals surface area contributed by atoms with E-state index in [1.807, 2.05) is 0 Å². The lowest BCUT2D eigenvalue weighted by Gasteiger charge is -2.15. The van der Waals surface area contributed by atoms with E-state index in [9.17, 15) is 4.79 Å². The van der Waals surface area contributed by atoms with Gasteiger partial charge >= 0.3 is 0 Å². The third-order valence-corrected chi connectivity index (χ3v) is 4.16. The summed E-state index contributed by atoms with van der Waals surface area (Å²) in [7, 11) is 1.52. The zero-order chi connectivity index (χ0) is 16.9. The summed E-state index contributed by atoms with van der Waals surface area (Å²) in [6.07, 6.45) is 4.06. The molecule has 0 bridgehead atoms. The number of amides is 1. The van der Waals surface area contributed by atoms with Crippen LogP contribution in [0, 0.1) is 0 Å². The number of aromatic nitrogens is 2. The van der Waals surface area contributed by atoms with Crippen molar-refractivity contribution in [3.05, 3.63) is 46.7 Å². The molecule has 0 radical (unpaired) electrons. The molecule has 2 heterocycles. The number of carbonyl (C=O) groups is 1. The third-order valence-electron chi connectivity index (χ3n) is 3.93. The van der Waals surface area contributed by atoms with Gasteiger partial charge in [-0.15, -0.1) is 0 Å². The Kier molecular flexibility index (Phi) is 5.15. The average molecular weight is 347 g/mol. The van der Waals surface area contributed by atoms with Gasteiger partial charge in [-0.2, -0.15) is 0 Å². The van der Waals surface area contributed by atoms with Crippen LogP contribution in [0.2, 0.25) is 5.02 Å². The molecule has 1 fully saturated rings. The van der Waals surface area contributed by atoms with Crippen molar-refractivity contribution in [3.8, 4) is 5.75 Å². The summed E-state index contributed by atoms with van der Waals surface area (Å²) >= 11 is 5.97. The normalized spacial score (nSPS) is 13.8. The van der Waals surface area contributed by atoms with Crippen LogP contribution < -0.4 is 15.0 Å². The lowest BCUT2D eigenvalue weighted by atomic mass is 10.2. The van der Waals surface area contributed by atoms with E-state index in [0.717, 1.165) is 24.7 Å². The topological polar surface area (TPSA) is 67.3 Å². The summed E-state index contributed by atoms with van der Waals surface area (Å²) < 4.78 is 5.21. The van der Waals surface area contributed by atoms with Crippen LogP contribution in [-0.2, 0) is 6.54 Å². The van der Waals surface area contributed by atoms with Crippen LogP contribution >= 0.6 is 11.6 Å². The van der Waals surface area contributed by atoms with Gasteiger partial charge in [0.1, 0.15) is 5.75 Å². The van der Waals surface area contributed by atoms with Crippen molar-refractivity contribution in [2.75, 3.05) is 25.1 Å². The van der Waals surface area contributed by atoms with Gasteiger partial charge in [0.25, 0.3) is 5.91 Å². The number of benzene rings is 1. The third kappa shape index (κ3) is 3.76. The highest BCUT2D eigenvalue weighted by Crippen LogP contribution is 2.22. The van der Waals surface area contributed by atoms with Crippen molar-refractivity contribution in [3.63, 3.8) is 0 Å². The number of rotatable bonds is 5. The predicted molar refractivity (Wildman–Crippen MR) is 92.7 cm³/mol. The van der Waals surface area contributed by atoms with Crippen molar-refractivity contribution >= 4 is 23.5 Å². The second-order valence-corrected chi connectivity index (χ2v) is 6.01. The summed E-state index contributed by atoms with van der Waals surface area (Å²) in [6, 6.07) is 6.75. The van der Waals surface area contributed by atoms with Gasteiger partial charge in [-0.25, -0.2) is 9.97 Å². The SMILES string of the molecule is COc1ccc(Cl)cc1C(=O)NCc1ccnc(N2CCCC2)n1. The highest BCUT2D eigenvalue weighted by atomic mass is 35.5. The Morgan fingerprint density at radius 2 is 2.12 bits per heavy atom. The lowest BCUT2D eigenvalue weighted by molar-refractivity contribution is 0.0947. The van der Waals surface area contributed by atoms with Gasteiger partial charge in [-0.05, 0) is 37.1 Å². The van der Waals surface area contributed by atoms with Crippen molar-refractivity contribution in [2.45, 2.75) is 19.4 Å². The molecule has 0 saturated carbocycles. The van der Waals surface area contributed by atoms with Gasteiger partial charge in [0, 0.05) is 24.3 Å². The quantitative estimate of drug-likeness (QED) is 0.901. The van der Waals surface area contributed by atoms with E-state index in [1.165, 1.54) is 20.0 Å². The Labute approximate surface area is 145 Å². The number of hydrogen-bond donors (Lipinski definition) is 1. The fourth-order valence-electron chi connectivity index (χ4n) is 2.68. The fourth-order valence-corrected chi connectivity index (χ4v) is 2.85. The molecule has 0 unspecified atom stereocenters. The van der Waals surface area contributed by atoms with Crippen molar-refractivity contribution in [1.29, 1.82) is 0 Å². The molecule has 0 atom stereocenters. The number of hydrogen-bond acceptors (Lipinski definition) is 5. The first-order chi connectivity index (χ1) is 11.7. The first-order valence-corrected chi connectivity index (χ1v) is 8.24.